The van der Waals surface area contributed by atoms with E-state index in [0.717, 1.165) is 12.8 Å². The van der Waals surface area contributed by atoms with Crippen molar-refractivity contribution in [1.29, 1.82) is 0 Å². The van der Waals surface area contributed by atoms with Gasteiger partial charge in [0.15, 0.2) is 0 Å². The van der Waals surface area contributed by atoms with Gasteiger partial charge in [-0.2, -0.15) is 0 Å². The molecule has 1 aromatic heterocycles. The van der Waals surface area contributed by atoms with E-state index in [9.17, 15) is 14.4 Å². The normalized spacial score (nSPS) is 15.8. The van der Waals surface area contributed by atoms with Crippen molar-refractivity contribution in [2.75, 3.05) is 42.9 Å². The minimum atomic E-state index is -0.413. The van der Waals surface area contributed by atoms with Gasteiger partial charge in [0.25, 0.3) is 5.91 Å². The van der Waals surface area contributed by atoms with Crippen molar-refractivity contribution in [2.24, 2.45) is 0 Å². The molecule has 2 aliphatic rings. The molecular weight excluding hydrogens is 410 g/mol. The van der Waals surface area contributed by atoms with Crippen LogP contribution < -0.4 is 20.9 Å². The fraction of sp³-hybridized carbons (Fsp3) is 0.409. The molecule has 1 aliphatic carbocycles. The standard InChI is InChI=1S/C22H27N7O3/c30-19(28-11-13-29(14-12-28)21-23-8-2-9-24-21)7-10-25-22(32)27-18-4-1-3-16(15-18)20(31)26-17-5-6-17/h1-4,8-9,15,17H,5-7,10-14H2,(H,26,31)(H2,25,27,32). The van der Waals surface area contributed by atoms with E-state index in [1.165, 1.54) is 0 Å². The van der Waals surface area contributed by atoms with Gasteiger partial charge in [0, 0.05) is 68.8 Å². The maximum absolute atomic E-state index is 12.5. The molecule has 2 heterocycles. The van der Waals surface area contributed by atoms with Gasteiger partial charge < -0.3 is 25.8 Å². The minimum absolute atomic E-state index is 0.00215. The van der Waals surface area contributed by atoms with Crippen LogP contribution >= 0.6 is 0 Å². The Balaban J connectivity index is 1.16. The van der Waals surface area contributed by atoms with E-state index >= 15 is 0 Å². The SMILES string of the molecule is O=C(NCCC(=O)N1CCN(c2ncccn2)CC1)Nc1cccc(C(=O)NC2CC2)c1. The van der Waals surface area contributed by atoms with Crippen LogP contribution in [0, 0.1) is 0 Å². The fourth-order valence-electron chi connectivity index (χ4n) is 3.46. The Hall–Kier alpha value is -3.69. The number of rotatable bonds is 7. The molecular formula is C22H27N7O3. The van der Waals surface area contributed by atoms with Crippen LogP contribution in [0.4, 0.5) is 16.4 Å². The predicted octanol–water partition coefficient (Wildman–Crippen LogP) is 1.23. The zero-order chi connectivity index (χ0) is 22.3. The number of benzene rings is 1. The maximum atomic E-state index is 12.5. The van der Waals surface area contributed by atoms with Crippen molar-refractivity contribution in [3.8, 4) is 0 Å². The summed E-state index contributed by atoms with van der Waals surface area (Å²) in [4.78, 5) is 49.1. The average molecular weight is 438 g/mol. The molecule has 2 aromatic rings. The van der Waals surface area contributed by atoms with Crippen LogP contribution in [0.15, 0.2) is 42.7 Å². The predicted molar refractivity (Wildman–Crippen MR) is 119 cm³/mol. The monoisotopic (exact) mass is 437 g/mol. The van der Waals surface area contributed by atoms with E-state index < -0.39 is 6.03 Å². The first kappa shape index (κ1) is 21.5. The number of hydrogen-bond acceptors (Lipinski definition) is 6. The van der Waals surface area contributed by atoms with E-state index in [1.807, 2.05) is 0 Å². The Morgan fingerprint density at radius 3 is 2.47 bits per heavy atom. The number of carbonyl (C=O) groups is 3. The molecule has 1 aromatic carbocycles. The van der Waals surface area contributed by atoms with Crippen LogP contribution in [0.5, 0.6) is 0 Å². The molecule has 10 heteroatoms. The molecule has 10 nitrogen and oxygen atoms in total. The first-order valence-electron chi connectivity index (χ1n) is 10.8. The summed E-state index contributed by atoms with van der Waals surface area (Å²) in [6.07, 6.45) is 5.66. The smallest absolute Gasteiger partial charge is 0.319 e. The lowest BCUT2D eigenvalue weighted by atomic mass is 10.2. The molecule has 0 spiro atoms. The summed E-state index contributed by atoms with van der Waals surface area (Å²) < 4.78 is 0. The molecule has 1 saturated carbocycles. The van der Waals surface area contributed by atoms with Gasteiger partial charge in [0.1, 0.15) is 0 Å². The molecule has 0 atom stereocenters. The van der Waals surface area contributed by atoms with Crippen LogP contribution in [-0.4, -0.2) is 71.5 Å². The van der Waals surface area contributed by atoms with Gasteiger partial charge in [-0.3, -0.25) is 9.59 Å². The molecule has 0 unspecified atom stereocenters. The second-order valence-corrected chi connectivity index (χ2v) is 7.88. The molecule has 4 rings (SSSR count). The molecule has 168 valence electrons. The quantitative estimate of drug-likeness (QED) is 0.599. The Kier molecular flexibility index (Phi) is 6.78. The van der Waals surface area contributed by atoms with Gasteiger partial charge >= 0.3 is 6.03 Å². The molecule has 4 amide bonds. The Morgan fingerprint density at radius 2 is 1.75 bits per heavy atom. The average Bonchev–Trinajstić information content (AvgIpc) is 3.64. The lowest BCUT2D eigenvalue weighted by Crippen LogP contribution is -2.49. The summed E-state index contributed by atoms with van der Waals surface area (Å²) in [5.41, 5.74) is 1.03. The molecule has 3 N–H and O–H groups in total. The third kappa shape index (κ3) is 5.93. The van der Waals surface area contributed by atoms with Crippen molar-refractivity contribution in [2.45, 2.75) is 25.3 Å². The summed E-state index contributed by atoms with van der Waals surface area (Å²) in [6.45, 7) is 2.77. The van der Waals surface area contributed by atoms with Gasteiger partial charge in [0.2, 0.25) is 11.9 Å². The number of nitrogens with one attached hydrogen (secondary N) is 3. The van der Waals surface area contributed by atoms with E-state index in [4.69, 9.17) is 0 Å². The van der Waals surface area contributed by atoms with Crippen LogP contribution in [0.1, 0.15) is 29.6 Å². The molecule has 32 heavy (non-hydrogen) atoms. The number of aromatic nitrogens is 2. The second-order valence-electron chi connectivity index (χ2n) is 7.88. The first-order valence-corrected chi connectivity index (χ1v) is 10.8. The Morgan fingerprint density at radius 1 is 1.00 bits per heavy atom. The van der Waals surface area contributed by atoms with E-state index in [-0.39, 0.29) is 30.8 Å². The number of piperazine rings is 1. The largest absolute Gasteiger partial charge is 0.349 e. The highest BCUT2D eigenvalue weighted by Gasteiger charge is 2.24. The third-order valence-corrected chi connectivity index (χ3v) is 5.39. The Labute approximate surface area is 186 Å². The number of urea groups is 1. The van der Waals surface area contributed by atoms with Gasteiger partial charge in [-0.05, 0) is 37.1 Å². The van der Waals surface area contributed by atoms with E-state index in [2.05, 4.69) is 30.8 Å². The number of carbonyl (C=O) groups excluding carboxylic acids is 3. The second kappa shape index (κ2) is 10.1. The van der Waals surface area contributed by atoms with Gasteiger partial charge in [0.05, 0.1) is 0 Å². The van der Waals surface area contributed by atoms with Gasteiger partial charge in [-0.15, -0.1) is 0 Å². The van der Waals surface area contributed by atoms with Crippen LogP contribution in [0.3, 0.4) is 0 Å². The van der Waals surface area contributed by atoms with Crippen molar-refractivity contribution in [1.82, 2.24) is 25.5 Å². The summed E-state index contributed by atoms with van der Waals surface area (Å²) in [5, 5.41) is 8.33. The van der Waals surface area contributed by atoms with E-state index in [0.29, 0.717) is 43.4 Å². The minimum Gasteiger partial charge on any atom is -0.349 e. The maximum Gasteiger partial charge on any atom is 0.319 e. The molecule has 2 fully saturated rings. The van der Waals surface area contributed by atoms with Gasteiger partial charge in [-0.1, -0.05) is 6.07 Å². The fourth-order valence-corrected chi connectivity index (χ4v) is 3.46. The van der Waals surface area contributed by atoms with Crippen molar-refractivity contribution < 1.29 is 14.4 Å². The molecule has 1 aliphatic heterocycles. The van der Waals surface area contributed by atoms with Crippen LogP contribution in [0.25, 0.3) is 0 Å². The van der Waals surface area contributed by atoms with Gasteiger partial charge in [-0.25, -0.2) is 14.8 Å². The number of amides is 4. The number of anilines is 2. The zero-order valence-electron chi connectivity index (χ0n) is 17.8. The third-order valence-electron chi connectivity index (χ3n) is 5.39. The van der Waals surface area contributed by atoms with Crippen LogP contribution in [-0.2, 0) is 4.79 Å². The van der Waals surface area contributed by atoms with Crippen molar-refractivity contribution >= 4 is 29.5 Å². The van der Waals surface area contributed by atoms with Crippen LogP contribution in [0.2, 0.25) is 0 Å². The lowest BCUT2D eigenvalue weighted by molar-refractivity contribution is -0.131. The molecule has 0 bridgehead atoms. The Bertz CT molecular complexity index is 957. The topological polar surface area (TPSA) is 120 Å². The van der Waals surface area contributed by atoms with E-state index in [1.54, 1.807) is 47.6 Å². The number of nitrogens with zero attached hydrogens (tertiary/aromatic N) is 4. The molecule has 0 radical (unpaired) electrons. The summed E-state index contributed by atoms with van der Waals surface area (Å²) in [6, 6.07) is 8.42. The lowest BCUT2D eigenvalue weighted by Gasteiger charge is -2.34. The summed E-state index contributed by atoms with van der Waals surface area (Å²) in [7, 11) is 0. The zero-order valence-corrected chi connectivity index (χ0v) is 17.8. The summed E-state index contributed by atoms with van der Waals surface area (Å²) >= 11 is 0. The highest BCUT2D eigenvalue weighted by molar-refractivity contribution is 5.97. The van der Waals surface area contributed by atoms with Crippen molar-refractivity contribution in [3.05, 3.63) is 48.3 Å². The first-order chi connectivity index (χ1) is 15.6. The molecule has 1 saturated heterocycles. The highest BCUT2D eigenvalue weighted by atomic mass is 16.2. The number of hydrogen-bond donors (Lipinski definition) is 3. The highest BCUT2D eigenvalue weighted by Crippen LogP contribution is 2.20. The van der Waals surface area contributed by atoms with Crippen molar-refractivity contribution in [3.63, 3.8) is 0 Å². The summed E-state index contributed by atoms with van der Waals surface area (Å²) in [5.74, 6) is 0.533.